The number of sulfone groups is 1. The van der Waals surface area contributed by atoms with Gasteiger partial charge in [0.15, 0.2) is 9.84 Å². The van der Waals surface area contributed by atoms with Crippen LogP contribution in [0.4, 0.5) is 4.79 Å². The van der Waals surface area contributed by atoms with Crippen LogP contribution in [0.5, 0.6) is 0 Å². The van der Waals surface area contributed by atoms with E-state index >= 15 is 0 Å². The van der Waals surface area contributed by atoms with Crippen LogP contribution in [0.15, 0.2) is 12.7 Å². The Morgan fingerprint density at radius 3 is 2.12 bits per heavy atom. The number of Topliss-reactive ketones (excluding diaryl/α,β-unsaturated/α-hetero) is 1. The lowest BCUT2D eigenvalue weighted by Gasteiger charge is -2.40. The topological polar surface area (TPSA) is 171 Å². The van der Waals surface area contributed by atoms with Crippen LogP contribution in [0.1, 0.15) is 125 Å². The molecule has 4 N–H and O–H groups in total. The minimum absolute atomic E-state index is 0.0805. The van der Waals surface area contributed by atoms with Crippen LogP contribution in [0.3, 0.4) is 0 Å². The van der Waals surface area contributed by atoms with Crippen LogP contribution in [0.25, 0.3) is 0 Å². The van der Waals surface area contributed by atoms with Crippen molar-refractivity contribution in [3.63, 3.8) is 0 Å². The molecule has 0 aromatic carbocycles. The van der Waals surface area contributed by atoms with Crippen molar-refractivity contribution in [3.05, 3.63) is 12.7 Å². The molecule has 2 heterocycles. The highest BCUT2D eigenvalue weighted by molar-refractivity contribution is 7.92. The maximum Gasteiger partial charge on any atom is 0.315 e. The molecule has 2 saturated heterocycles. The van der Waals surface area contributed by atoms with Gasteiger partial charge in [-0.2, -0.15) is 0 Å². The molecule has 12 nitrogen and oxygen atoms in total. The predicted molar refractivity (Wildman–Crippen MR) is 193 cm³/mol. The number of urea groups is 1. The fourth-order valence-corrected chi connectivity index (χ4v) is 9.86. The Bertz CT molecular complexity index is 1400. The summed E-state index contributed by atoms with van der Waals surface area (Å²) in [6, 6.07) is -3.36. The van der Waals surface area contributed by atoms with Gasteiger partial charge in [-0.1, -0.05) is 84.1 Å². The van der Waals surface area contributed by atoms with Gasteiger partial charge in [-0.3, -0.25) is 19.2 Å². The minimum atomic E-state index is -3.55. The van der Waals surface area contributed by atoms with Crippen LogP contribution < -0.4 is 21.3 Å². The number of hydrogen-bond acceptors (Lipinski definition) is 7. The number of nitrogens with one attached hydrogen (secondary N) is 4. The fraction of sp³-hybridized carbons (Fsp3) is 0.811. The molecule has 0 bridgehead atoms. The number of nitrogens with zero attached hydrogens (tertiary/aromatic N) is 1. The fourth-order valence-electron chi connectivity index (χ4n) is 8.34. The summed E-state index contributed by atoms with van der Waals surface area (Å²) in [5, 5.41) is 11.3. The van der Waals surface area contributed by atoms with Crippen molar-refractivity contribution in [3.8, 4) is 0 Å². The van der Waals surface area contributed by atoms with E-state index in [1.54, 1.807) is 25.7 Å². The number of ketones is 1. The molecule has 2 aliphatic carbocycles. The second-order valence-corrected chi connectivity index (χ2v) is 19.5. The van der Waals surface area contributed by atoms with Crippen LogP contribution in [0.2, 0.25) is 0 Å². The second kappa shape index (κ2) is 16.2. The van der Waals surface area contributed by atoms with E-state index in [4.69, 9.17) is 0 Å². The van der Waals surface area contributed by atoms with Crippen LogP contribution in [-0.2, 0) is 29.0 Å². The predicted octanol–water partition coefficient (Wildman–Crippen LogP) is 3.93. The average Bonchev–Trinajstić information content (AvgIpc) is 3.34. The molecule has 0 spiro atoms. The zero-order valence-electron chi connectivity index (χ0n) is 30.9. The number of fused-ring (bicyclic) bond motifs is 3. The molecular formula is C37H61N5O7S. The van der Waals surface area contributed by atoms with Crippen molar-refractivity contribution >= 4 is 39.4 Å². The zero-order valence-corrected chi connectivity index (χ0v) is 31.7. The van der Waals surface area contributed by atoms with Gasteiger partial charge in [-0.25, -0.2) is 13.2 Å². The Hall–Kier alpha value is -2.96. The maximum absolute atomic E-state index is 14.4. The first-order valence-corrected chi connectivity index (χ1v) is 20.4. The van der Waals surface area contributed by atoms with Gasteiger partial charge in [-0.15, -0.1) is 6.58 Å². The third-order valence-corrected chi connectivity index (χ3v) is 14.5. The van der Waals surface area contributed by atoms with Crippen LogP contribution >= 0.6 is 0 Å². The molecule has 4 fully saturated rings. The Balaban J connectivity index is 1.58. The van der Waals surface area contributed by atoms with E-state index in [9.17, 15) is 32.4 Å². The first-order valence-electron chi connectivity index (χ1n) is 18.8. The summed E-state index contributed by atoms with van der Waals surface area (Å²) < 4.78 is 25.7. The van der Waals surface area contributed by atoms with Crippen molar-refractivity contribution < 1.29 is 32.4 Å². The molecule has 4 aliphatic rings. The Labute approximate surface area is 299 Å². The number of carbonyl (C=O) groups excluding carboxylic acids is 5. The van der Waals surface area contributed by atoms with Gasteiger partial charge >= 0.3 is 6.03 Å². The minimum Gasteiger partial charge on any atom is -0.346 e. The summed E-state index contributed by atoms with van der Waals surface area (Å²) in [4.78, 5) is 69.7. The molecule has 0 radical (unpaired) electrons. The summed E-state index contributed by atoms with van der Waals surface area (Å²) in [5.41, 5.74) is -1.12. The lowest BCUT2D eigenvalue weighted by molar-refractivity contribution is -0.144. The van der Waals surface area contributed by atoms with E-state index in [-0.39, 0.29) is 35.5 Å². The van der Waals surface area contributed by atoms with Crippen molar-refractivity contribution in [1.82, 2.24) is 26.2 Å². The summed E-state index contributed by atoms with van der Waals surface area (Å²) in [6.45, 7) is 13.2. The summed E-state index contributed by atoms with van der Waals surface area (Å²) in [5.74, 6) is -2.54. The molecule has 5 atom stereocenters. The Morgan fingerprint density at radius 1 is 0.940 bits per heavy atom. The number of rotatable bonds is 8. The van der Waals surface area contributed by atoms with Gasteiger partial charge < -0.3 is 26.2 Å². The lowest BCUT2D eigenvalue weighted by atomic mass is 9.83. The molecular weight excluding hydrogens is 659 g/mol. The molecule has 282 valence electrons. The number of amides is 5. The molecule has 0 aromatic heterocycles. The number of hydrogen-bond donors (Lipinski definition) is 4. The molecule has 2 aliphatic heterocycles. The summed E-state index contributed by atoms with van der Waals surface area (Å²) in [7, 11) is -3.55. The highest BCUT2D eigenvalue weighted by Crippen LogP contribution is 2.65. The first-order chi connectivity index (χ1) is 23.4. The second-order valence-electron chi connectivity index (χ2n) is 16.7. The van der Waals surface area contributed by atoms with Gasteiger partial charge in [0.25, 0.3) is 5.91 Å². The normalized spacial score (nSPS) is 29.1. The van der Waals surface area contributed by atoms with Crippen molar-refractivity contribution in [2.45, 2.75) is 153 Å². The average molecular weight is 720 g/mol. The largest absolute Gasteiger partial charge is 0.346 e. The number of piperidine rings is 1. The van der Waals surface area contributed by atoms with E-state index in [1.165, 1.54) is 6.08 Å². The highest BCUT2D eigenvalue weighted by atomic mass is 32.2. The van der Waals surface area contributed by atoms with Gasteiger partial charge in [0.05, 0.1) is 22.1 Å². The van der Waals surface area contributed by atoms with Gasteiger partial charge in [-0.05, 0) is 63.7 Å². The van der Waals surface area contributed by atoms with Gasteiger partial charge in [0.1, 0.15) is 12.1 Å². The molecule has 5 amide bonds. The Kier molecular flexibility index (Phi) is 12.9. The monoisotopic (exact) mass is 719 g/mol. The van der Waals surface area contributed by atoms with E-state index in [0.717, 1.165) is 51.4 Å². The first kappa shape index (κ1) is 39.8. The van der Waals surface area contributed by atoms with Crippen LogP contribution in [-0.4, -0.2) is 90.1 Å². The van der Waals surface area contributed by atoms with E-state index < -0.39 is 61.9 Å². The van der Waals surface area contributed by atoms with Crippen molar-refractivity contribution in [1.29, 1.82) is 0 Å². The third-order valence-electron chi connectivity index (χ3n) is 11.7. The Morgan fingerprint density at radius 2 is 1.52 bits per heavy atom. The molecule has 13 heteroatoms. The van der Waals surface area contributed by atoms with Crippen LogP contribution in [0, 0.1) is 17.3 Å². The molecule has 2 saturated carbocycles. The maximum atomic E-state index is 14.4. The van der Waals surface area contributed by atoms with E-state index in [0.29, 0.717) is 45.1 Å². The molecule has 4 rings (SSSR count). The number of carbonyl (C=O) groups is 5. The zero-order chi connectivity index (χ0) is 36.9. The molecule has 0 aromatic rings. The van der Waals surface area contributed by atoms with Gasteiger partial charge in [0, 0.05) is 13.1 Å². The SMILES string of the molecule is C=CCNC(=O)C(=O)[C@@H]1CCCCCCCCC[C@H](NC(=O)NC2(CS(=O)(=O)C(C)(C)C)CCCCC2)C(=O)N2C[C@H]3[C@@H]([C@H]2C(=O)N1)C3(C)C. The highest BCUT2D eigenvalue weighted by Gasteiger charge is 2.69. The summed E-state index contributed by atoms with van der Waals surface area (Å²) in [6.07, 6.45) is 11.8. The van der Waals surface area contributed by atoms with Crippen molar-refractivity contribution in [2.24, 2.45) is 17.3 Å². The van der Waals surface area contributed by atoms with E-state index in [1.807, 2.05) is 0 Å². The molecule has 0 unspecified atom stereocenters. The van der Waals surface area contributed by atoms with Gasteiger partial charge in [0.2, 0.25) is 17.6 Å². The molecule has 50 heavy (non-hydrogen) atoms. The van der Waals surface area contributed by atoms with E-state index in [2.05, 4.69) is 41.7 Å². The third kappa shape index (κ3) is 9.28. The quantitative estimate of drug-likeness (QED) is 0.218. The lowest BCUT2D eigenvalue weighted by Crippen LogP contribution is -2.62. The smallest absolute Gasteiger partial charge is 0.315 e. The van der Waals surface area contributed by atoms with Crippen molar-refractivity contribution in [2.75, 3.05) is 18.8 Å². The standard InChI is InChI=1S/C37H61N5O7S/c1-7-22-38-32(45)30(43)26-18-14-11-9-8-10-12-15-19-27(33(46)42-23-25-28(36(25,5)6)29(42)31(44)39-26)40-34(47)41-37(20-16-13-17-21-37)24-50(48,49)35(2,3)4/h7,25-29H,1,8-24H2,2-6H3,(H,38,45)(H,39,44)(H2,40,41,47)/t25-,26-,27-,28-,29-/m0/s1. The summed E-state index contributed by atoms with van der Waals surface area (Å²) >= 11 is 0.